The topological polar surface area (TPSA) is 59.6 Å². The lowest BCUT2D eigenvalue weighted by molar-refractivity contribution is 0.0601. The lowest BCUT2D eigenvalue weighted by Gasteiger charge is -2.10. The van der Waals surface area contributed by atoms with Crippen molar-refractivity contribution >= 4 is 23.4 Å². The van der Waals surface area contributed by atoms with Crippen LogP contribution >= 0.6 is 11.8 Å². The van der Waals surface area contributed by atoms with Gasteiger partial charge in [-0.1, -0.05) is 0 Å². The number of benzene rings is 1. The van der Waals surface area contributed by atoms with Crippen LogP contribution in [-0.4, -0.2) is 20.2 Å². The highest BCUT2D eigenvalue weighted by atomic mass is 35.5. The molecule has 1 aromatic carbocycles. The second kappa shape index (κ2) is 5.43. The number of halogens is 1. The number of ether oxygens (including phenoxy) is 2. The van der Waals surface area contributed by atoms with Gasteiger partial charge in [0.2, 0.25) is 0 Å². The van der Waals surface area contributed by atoms with Crippen molar-refractivity contribution in [3.63, 3.8) is 0 Å². The number of hydrogen-bond acceptors (Lipinski definition) is 5. The van der Waals surface area contributed by atoms with Gasteiger partial charge >= 0.3 is 5.97 Å². The normalized spacial score (nSPS) is 9.53. The number of rotatable bonds is 4. The summed E-state index contributed by atoms with van der Waals surface area (Å²) in [6.07, 6.45) is 0. The molecule has 1 rings (SSSR count). The van der Waals surface area contributed by atoms with Crippen molar-refractivity contribution in [1.29, 1.82) is 0 Å². The van der Waals surface area contributed by atoms with Crippen LogP contribution in [0.1, 0.15) is 10.4 Å². The van der Waals surface area contributed by atoms with Gasteiger partial charge in [0.25, 0.3) is 0 Å². The van der Waals surface area contributed by atoms with E-state index in [1.165, 1.54) is 14.2 Å². The Morgan fingerprint density at radius 1 is 1.40 bits per heavy atom. The standard InChI is InChI=1S/C9H11ClN2O3/c1-14-8-4-3-6(9(13)15-2)5-7(8)11-12-10/h3-5,11-12H,1-2H3. The van der Waals surface area contributed by atoms with E-state index < -0.39 is 5.97 Å². The predicted molar refractivity (Wildman–Crippen MR) is 56.9 cm³/mol. The summed E-state index contributed by atoms with van der Waals surface area (Å²) < 4.78 is 9.63. The van der Waals surface area contributed by atoms with E-state index in [4.69, 9.17) is 16.5 Å². The number of carbonyl (C=O) groups is 1. The minimum Gasteiger partial charge on any atom is -0.495 e. The van der Waals surface area contributed by atoms with Gasteiger partial charge in [-0.3, -0.25) is 0 Å². The average Bonchev–Trinajstić information content (AvgIpc) is 2.28. The first kappa shape index (κ1) is 11.6. The summed E-state index contributed by atoms with van der Waals surface area (Å²) >= 11 is 5.30. The molecule has 0 radical (unpaired) electrons. The summed E-state index contributed by atoms with van der Waals surface area (Å²) in [6.45, 7) is 0. The zero-order valence-electron chi connectivity index (χ0n) is 8.33. The first-order valence-corrected chi connectivity index (χ1v) is 4.48. The number of carbonyl (C=O) groups excluding carboxylic acids is 1. The number of esters is 1. The van der Waals surface area contributed by atoms with Crippen LogP contribution < -0.4 is 15.1 Å². The lowest BCUT2D eigenvalue weighted by Crippen LogP contribution is -2.11. The van der Waals surface area contributed by atoms with Crippen LogP contribution in [0.2, 0.25) is 0 Å². The Morgan fingerprint density at radius 2 is 2.13 bits per heavy atom. The van der Waals surface area contributed by atoms with Crippen molar-refractivity contribution in [1.82, 2.24) is 4.94 Å². The number of hydrazine groups is 1. The van der Waals surface area contributed by atoms with E-state index >= 15 is 0 Å². The molecule has 0 heterocycles. The van der Waals surface area contributed by atoms with E-state index in [0.29, 0.717) is 17.0 Å². The Hall–Kier alpha value is -1.46. The molecule has 0 saturated carbocycles. The molecule has 0 spiro atoms. The van der Waals surface area contributed by atoms with E-state index in [2.05, 4.69) is 15.1 Å². The summed E-state index contributed by atoms with van der Waals surface area (Å²) in [5, 5.41) is 0. The molecule has 2 N–H and O–H groups in total. The average molecular weight is 231 g/mol. The van der Waals surface area contributed by atoms with Crippen LogP contribution in [0.4, 0.5) is 5.69 Å². The zero-order chi connectivity index (χ0) is 11.3. The molecule has 0 aromatic heterocycles. The Kier molecular flexibility index (Phi) is 4.20. The van der Waals surface area contributed by atoms with Crippen LogP contribution in [0.5, 0.6) is 5.75 Å². The molecule has 0 aliphatic heterocycles. The van der Waals surface area contributed by atoms with E-state index in [-0.39, 0.29) is 0 Å². The Bertz CT molecular complexity index is 357. The molecule has 6 heteroatoms. The van der Waals surface area contributed by atoms with Crippen molar-refractivity contribution in [2.75, 3.05) is 19.6 Å². The number of methoxy groups -OCH3 is 2. The molecule has 0 amide bonds. The molecule has 1 aromatic rings. The number of nitrogens with one attached hydrogen (secondary N) is 2. The molecule has 5 nitrogen and oxygen atoms in total. The predicted octanol–water partition coefficient (Wildman–Crippen LogP) is 1.55. The molecule has 15 heavy (non-hydrogen) atoms. The van der Waals surface area contributed by atoms with Gasteiger partial charge in [-0.05, 0) is 30.0 Å². The van der Waals surface area contributed by atoms with Crippen LogP contribution in [0.15, 0.2) is 18.2 Å². The Balaban J connectivity index is 3.04. The molecular weight excluding hydrogens is 220 g/mol. The lowest BCUT2D eigenvalue weighted by atomic mass is 10.2. The maximum Gasteiger partial charge on any atom is 0.337 e. The summed E-state index contributed by atoms with van der Waals surface area (Å²) in [7, 11) is 2.84. The van der Waals surface area contributed by atoms with E-state index in [9.17, 15) is 4.79 Å². The van der Waals surface area contributed by atoms with Crippen LogP contribution in [0, 0.1) is 0 Å². The highest BCUT2D eigenvalue weighted by molar-refractivity contribution is 6.14. The summed E-state index contributed by atoms with van der Waals surface area (Å²) in [6, 6.07) is 4.81. The van der Waals surface area contributed by atoms with Gasteiger partial charge < -0.3 is 14.9 Å². The smallest absolute Gasteiger partial charge is 0.337 e. The molecular formula is C9H11ClN2O3. The van der Waals surface area contributed by atoms with Gasteiger partial charge in [-0.2, -0.15) is 0 Å². The first-order chi connectivity index (χ1) is 7.22. The molecule has 0 aliphatic carbocycles. The number of anilines is 1. The van der Waals surface area contributed by atoms with Crippen LogP contribution in [-0.2, 0) is 4.74 Å². The van der Waals surface area contributed by atoms with Crippen molar-refractivity contribution in [3.8, 4) is 5.75 Å². The maximum atomic E-state index is 11.2. The first-order valence-electron chi connectivity index (χ1n) is 4.11. The van der Waals surface area contributed by atoms with Crippen molar-refractivity contribution in [2.24, 2.45) is 0 Å². The van der Waals surface area contributed by atoms with Crippen molar-refractivity contribution in [3.05, 3.63) is 23.8 Å². The maximum absolute atomic E-state index is 11.2. The third-order valence-corrected chi connectivity index (χ3v) is 1.90. The Labute approximate surface area is 92.4 Å². The second-order valence-corrected chi connectivity index (χ2v) is 2.82. The fraction of sp³-hybridized carbons (Fsp3) is 0.222. The van der Waals surface area contributed by atoms with Crippen molar-refractivity contribution in [2.45, 2.75) is 0 Å². The van der Waals surface area contributed by atoms with Crippen molar-refractivity contribution < 1.29 is 14.3 Å². The monoisotopic (exact) mass is 230 g/mol. The van der Waals surface area contributed by atoms with Gasteiger partial charge in [0.05, 0.1) is 25.5 Å². The van der Waals surface area contributed by atoms with Crippen LogP contribution in [0.3, 0.4) is 0 Å². The fourth-order valence-electron chi connectivity index (χ4n) is 1.10. The number of hydrogen-bond donors (Lipinski definition) is 2. The minimum atomic E-state index is -0.421. The quantitative estimate of drug-likeness (QED) is 0.467. The molecule has 0 bridgehead atoms. The summed E-state index contributed by atoms with van der Waals surface area (Å²) in [4.78, 5) is 13.5. The molecule has 0 atom stereocenters. The van der Waals surface area contributed by atoms with Gasteiger partial charge in [-0.15, -0.1) is 4.94 Å². The third-order valence-electron chi connectivity index (χ3n) is 1.80. The Morgan fingerprint density at radius 3 is 2.67 bits per heavy atom. The van der Waals surface area contributed by atoms with Crippen LogP contribution in [0.25, 0.3) is 0 Å². The SMILES string of the molecule is COC(=O)c1ccc(OC)c(NNCl)c1. The summed E-state index contributed by atoms with van der Waals surface area (Å²) in [5.74, 6) is 0.145. The fourth-order valence-corrected chi connectivity index (χ4v) is 1.20. The molecule has 82 valence electrons. The largest absolute Gasteiger partial charge is 0.495 e. The molecule has 0 saturated heterocycles. The van der Waals surface area contributed by atoms with E-state index in [1.807, 2.05) is 0 Å². The van der Waals surface area contributed by atoms with Gasteiger partial charge in [0.1, 0.15) is 5.75 Å². The third kappa shape index (κ3) is 2.74. The van der Waals surface area contributed by atoms with E-state index in [1.54, 1.807) is 18.2 Å². The van der Waals surface area contributed by atoms with Gasteiger partial charge in [0.15, 0.2) is 0 Å². The summed E-state index contributed by atoms with van der Waals surface area (Å²) in [5.41, 5.74) is 3.59. The highest BCUT2D eigenvalue weighted by Crippen LogP contribution is 2.25. The van der Waals surface area contributed by atoms with Gasteiger partial charge in [0, 0.05) is 0 Å². The molecule has 0 aliphatic rings. The highest BCUT2D eigenvalue weighted by Gasteiger charge is 2.09. The molecule has 0 fully saturated rings. The minimum absolute atomic E-state index is 0.410. The molecule has 0 unspecified atom stereocenters. The zero-order valence-corrected chi connectivity index (χ0v) is 9.09. The van der Waals surface area contributed by atoms with E-state index in [0.717, 1.165) is 0 Å². The second-order valence-electron chi connectivity index (χ2n) is 2.63. The van der Waals surface area contributed by atoms with Gasteiger partial charge in [-0.25, -0.2) is 4.79 Å².